The Labute approximate surface area is 142 Å². The Morgan fingerprint density at radius 2 is 2.08 bits per heavy atom. The summed E-state index contributed by atoms with van der Waals surface area (Å²) < 4.78 is 2.23. The number of carbonyl (C=O) groups is 1. The molecule has 0 aliphatic carbocycles. The van der Waals surface area contributed by atoms with Crippen LogP contribution in [-0.4, -0.2) is 62.6 Å². The summed E-state index contributed by atoms with van der Waals surface area (Å²) in [6.07, 6.45) is 3.66. The fraction of sp³-hybridized carbons (Fsp3) is 0.588. The second kappa shape index (κ2) is 7.17. The van der Waals surface area contributed by atoms with Crippen LogP contribution in [0.3, 0.4) is 0 Å². The summed E-state index contributed by atoms with van der Waals surface area (Å²) >= 11 is 0. The lowest BCUT2D eigenvalue weighted by molar-refractivity contribution is 0.0705. The Morgan fingerprint density at radius 1 is 1.33 bits per heavy atom. The average Bonchev–Trinajstić information content (AvgIpc) is 3.23. The van der Waals surface area contributed by atoms with Gasteiger partial charge in [0.25, 0.3) is 5.91 Å². The Balaban J connectivity index is 1.66. The van der Waals surface area contributed by atoms with E-state index in [0.29, 0.717) is 11.6 Å². The lowest BCUT2D eigenvalue weighted by Gasteiger charge is -2.31. The number of nitrogens with zero attached hydrogens (tertiary/aromatic N) is 5. The molecule has 2 aromatic heterocycles. The van der Waals surface area contributed by atoms with E-state index in [1.807, 2.05) is 31.1 Å². The van der Waals surface area contributed by atoms with Crippen molar-refractivity contribution in [1.29, 1.82) is 0 Å². The fourth-order valence-electron chi connectivity index (χ4n) is 3.37. The van der Waals surface area contributed by atoms with E-state index in [2.05, 4.69) is 31.6 Å². The molecule has 7 heteroatoms. The van der Waals surface area contributed by atoms with Crippen LogP contribution in [0.5, 0.6) is 0 Å². The maximum atomic E-state index is 12.4. The molecule has 0 unspecified atom stereocenters. The summed E-state index contributed by atoms with van der Waals surface area (Å²) in [5.74, 6) is 2.55. The number of rotatable bonds is 5. The van der Waals surface area contributed by atoms with Gasteiger partial charge in [-0.2, -0.15) is 0 Å². The molecule has 1 fully saturated rings. The molecule has 0 aromatic carbocycles. The minimum atomic E-state index is 0.0868. The third-order valence-corrected chi connectivity index (χ3v) is 4.61. The maximum Gasteiger partial charge on any atom is 0.270 e. The largest absolute Gasteiger partial charge is 0.357 e. The first-order chi connectivity index (χ1) is 11.6. The van der Waals surface area contributed by atoms with Crippen molar-refractivity contribution in [3.8, 4) is 0 Å². The van der Waals surface area contributed by atoms with Gasteiger partial charge in [-0.1, -0.05) is 0 Å². The number of H-pyrrole nitrogens is 1. The van der Waals surface area contributed by atoms with E-state index in [0.717, 1.165) is 50.7 Å². The van der Waals surface area contributed by atoms with E-state index in [9.17, 15) is 4.79 Å². The Morgan fingerprint density at radius 3 is 2.67 bits per heavy atom. The molecule has 1 saturated heterocycles. The van der Waals surface area contributed by atoms with Crippen LogP contribution < -0.4 is 0 Å². The minimum Gasteiger partial charge on any atom is -0.357 e. The quantitative estimate of drug-likeness (QED) is 0.906. The number of likely N-dealkylation sites (tertiary alicyclic amines) is 1. The van der Waals surface area contributed by atoms with Gasteiger partial charge in [0.05, 0.1) is 6.54 Å². The van der Waals surface area contributed by atoms with Crippen molar-refractivity contribution in [3.05, 3.63) is 35.7 Å². The number of hydrogen-bond acceptors (Lipinski definition) is 4. The van der Waals surface area contributed by atoms with Gasteiger partial charge in [-0.05, 0) is 46.0 Å². The summed E-state index contributed by atoms with van der Waals surface area (Å²) in [6.45, 7) is 5.35. The van der Waals surface area contributed by atoms with Gasteiger partial charge in [0.2, 0.25) is 0 Å². The van der Waals surface area contributed by atoms with Crippen LogP contribution in [-0.2, 0) is 13.1 Å². The van der Waals surface area contributed by atoms with Gasteiger partial charge in [0, 0.05) is 31.7 Å². The minimum absolute atomic E-state index is 0.0868. The molecule has 1 aliphatic rings. The molecule has 24 heavy (non-hydrogen) atoms. The first-order valence-electron chi connectivity index (χ1n) is 8.59. The molecule has 0 atom stereocenters. The predicted molar refractivity (Wildman–Crippen MR) is 91.8 cm³/mol. The standard InChI is InChI=1S/C17H26N6O/c1-4-23-15(12-21(2)3)19-20-16(23)13-7-10-22(11-8-13)17(24)14-6-5-9-18-14/h5-6,9,13,18H,4,7-8,10-12H2,1-3H3. The van der Waals surface area contributed by atoms with E-state index < -0.39 is 0 Å². The van der Waals surface area contributed by atoms with Gasteiger partial charge in [-0.3, -0.25) is 4.79 Å². The van der Waals surface area contributed by atoms with Gasteiger partial charge in [-0.15, -0.1) is 10.2 Å². The number of amides is 1. The van der Waals surface area contributed by atoms with Crippen molar-refractivity contribution in [1.82, 2.24) is 29.5 Å². The Bertz CT molecular complexity index is 667. The van der Waals surface area contributed by atoms with Crippen molar-refractivity contribution < 1.29 is 4.79 Å². The molecule has 7 nitrogen and oxygen atoms in total. The highest BCUT2D eigenvalue weighted by molar-refractivity contribution is 5.92. The summed E-state index contributed by atoms with van der Waals surface area (Å²) in [5.41, 5.74) is 0.665. The van der Waals surface area contributed by atoms with Crippen LogP contribution >= 0.6 is 0 Å². The van der Waals surface area contributed by atoms with Gasteiger partial charge >= 0.3 is 0 Å². The highest BCUT2D eigenvalue weighted by Crippen LogP contribution is 2.28. The fourth-order valence-corrected chi connectivity index (χ4v) is 3.37. The van der Waals surface area contributed by atoms with Crippen LogP contribution in [0, 0.1) is 0 Å². The normalized spacial score (nSPS) is 16.1. The maximum absolute atomic E-state index is 12.4. The predicted octanol–water partition coefficient (Wildman–Crippen LogP) is 1.71. The van der Waals surface area contributed by atoms with E-state index in [1.54, 1.807) is 6.20 Å². The number of hydrogen-bond donors (Lipinski definition) is 1. The lowest BCUT2D eigenvalue weighted by Crippen LogP contribution is -2.38. The molecule has 3 heterocycles. The van der Waals surface area contributed by atoms with Crippen molar-refractivity contribution in [2.24, 2.45) is 0 Å². The highest BCUT2D eigenvalue weighted by atomic mass is 16.2. The first kappa shape index (κ1) is 16.7. The van der Waals surface area contributed by atoms with Crippen LogP contribution in [0.15, 0.2) is 18.3 Å². The van der Waals surface area contributed by atoms with Crippen LogP contribution in [0.1, 0.15) is 47.8 Å². The number of piperidine rings is 1. The lowest BCUT2D eigenvalue weighted by atomic mass is 9.95. The molecule has 3 rings (SSSR count). The zero-order chi connectivity index (χ0) is 17.1. The van der Waals surface area contributed by atoms with Crippen LogP contribution in [0.4, 0.5) is 0 Å². The molecule has 0 radical (unpaired) electrons. The average molecular weight is 330 g/mol. The second-order valence-corrected chi connectivity index (χ2v) is 6.61. The van der Waals surface area contributed by atoms with Gasteiger partial charge in [0.1, 0.15) is 17.3 Å². The Kier molecular flexibility index (Phi) is 4.99. The molecule has 1 amide bonds. The van der Waals surface area contributed by atoms with E-state index in [1.165, 1.54) is 0 Å². The molecule has 1 aliphatic heterocycles. The zero-order valence-corrected chi connectivity index (χ0v) is 14.7. The summed E-state index contributed by atoms with van der Waals surface area (Å²) in [5, 5.41) is 8.84. The molecule has 0 spiro atoms. The topological polar surface area (TPSA) is 70.1 Å². The van der Waals surface area contributed by atoms with Gasteiger partial charge in [0.15, 0.2) is 0 Å². The number of aromatic amines is 1. The molecular weight excluding hydrogens is 304 g/mol. The summed E-state index contributed by atoms with van der Waals surface area (Å²) in [4.78, 5) is 19.4. The molecular formula is C17H26N6O. The molecule has 2 aromatic rings. The second-order valence-electron chi connectivity index (χ2n) is 6.61. The van der Waals surface area contributed by atoms with E-state index >= 15 is 0 Å². The third-order valence-electron chi connectivity index (χ3n) is 4.61. The highest BCUT2D eigenvalue weighted by Gasteiger charge is 2.28. The molecule has 0 bridgehead atoms. The number of aromatic nitrogens is 4. The van der Waals surface area contributed by atoms with Crippen LogP contribution in [0.2, 0.25) is 0 Å². The third kappa shape index (κ3) is 3.36. The molecule has 0 saturated carbocycles. The van der Waals surface area contributed by atoms with Crippen molar-refractivity contribution in [2.75, 3.05) is 27.2 Å². The first-order valence-corrected chi connectivity index (χ1v) is 8.59. The van der Waals surface area contributed by atoms with E-state index in [4.69, 9.17) is 0 Å². The SMILES string of the molecule is CCn1c(CN(C)C)nnc1C1CCN(C(=O)c2ccc[nH]2)CC1. The van der Waals surface area contributed by atoms with Crippen molar-refractivity contribution in [2.45, 2.75) is 38.8 Å². The van der Waals surface area contributed by atoms with Crippen molar-refractivity contribution >= 4 is 5.91 Å². The smallest absolute Gasteiger partial charge is 0.270 e. The van der Waals surface area contributed by atoms with Crippen LogP contribution in [0.25, 0.3) is 0 Å². The van der Waals surface area contributed by atoms with Gasteiger partial charge in [-0.25, -0.2) is 0 Å². The molecule has 1 N–H and O–H groups in total. The van der Waals surface area contributed by atoms with Gasteiger partial charge < -0.3 is 19.4 Å². The summed E-state index contributed by atoms with van der Waals surface area (Å²) in [7, 11) is 4.08. The number of nitrogens with one attached hydrogen (secondary N) is 1. The zero-order valence-electron chi connectivity index (χ0n) is 14.7. The van der Waals surface area contributed by atoms with Crippen molar-refractivity contribution in [3.63, 3.8) is 0 Å². The Hall–Kier alpha value is -2.15. The monoisotopic (exact) mass is 330 g/mol. The molecule has 130 valence electrons. The summed E-state index contributed by atoms with van der Waals surface area (Å²) in [6, 6.07) is 3.69. The van der Waals surface area contributed by atoms with E-state index in [-0.39, 0.29) is 5.91 Å². The number of carbonyl (C=O) groups excluding carboxylic acids is 1.